The molecule has 0 radical (unpaired) electrons. The lowest BCUT2D eigenvalue weighted by Crippen LogP contribution is -2.40. The summed E-state index contributed by atoms with van der Waals surface area (Å²) < 4.78 is 32.4. The van der Waals surface area contributed by atoms with Gasteiger partial charge in [-0.2, -0.15) is 0 Å². The Morgan fingerprint density at radius 2 is 2.16 bits per heavy atom. The Hall–Kier alpha value is -1.18. The third kappa shape index (κ3) is 3.43. The molecule has 0 aliphatic carbocycles. The summed E-state index contributed by atoms with van der Waals surface area (Å²) in [6.45, 7) is 3.25. The van der Waals surface area contributed by atoms with Gasteiger partial charge in [0.2, 0.25) is 10.0 Å². The number of anilines is 1. The molecule has 0 amide bonds. The van der Waals surface area contributed by atoms with E-state index in [4.69, 9.17) is 10.5 Å². The quantitative estimate of drug-likeness (QED) is 0.851. The Labute approximate surface area is 113 Å². The standard InChI is InChI=1S/C12H19N3O3S/c1-9(10-4-7-18-8-5-10)15-19(16,17)11-3-2-6-14-12(11)13/h2-3,6,9-10,15H,4-5,7-8H2,1H3,(H2,13,14). The number of sulfonamides is 1. The van der Waals surface area contributed by atoms with E-state index >= 15 is 0 Å². The van der Waals surface area contributed by atoms with Crippen molar-refractivity contribution >= 4 is 15.8 Å². The zero-order valence-corrected chi connectivity index (χ0v) is 11.7. The predicted octanol–water partition coefficient (Wildman–Crippen LogP) is 0.757. The molecule has 0 aromatic carbocycles. The van der Waals surface area contributed by atoms with Gasteiger partial charge in [0.1, 0.15) is 10.7 Å². The van der Waals surface area contributed by atoms with Crippen molar-refractivity contribution in [2.75, 3.05) is 18.9 Å². The van der Waals surface area contributed by atoms with E-state index in [1.807, 2.05) is 6.92 Å². The second-order valence-electron chi connectivity index (χ2n) is 4.75. The third-order valence-corrected chi connectivity index (χ3v) is 5.01. The molecule has 1 aliphatic rings. The number of pyridine rings is 1. The van der Waals surface area contributed by atoms with Crippen LogP contribution in [0.15, 0.2) is 23.2 Å². The fourth-order valence-electron chi connectivity index (χ4n) is 2.25. The summed E-state index contributed by atoms with van der Waals surface area (Å²) >= 11 is 0. The maximum absolute atomic E-state index is 12.2. The van der Waals surface area contributed by atoms with Crippen LogP contribution in [0.2, 0.25) is 0 Å². The number of aromatic nitrogens is 1. The average Bonchev–Trinajstić information content (AvgIpc) is 2.39. The second-order valence-corrected chi connectivity index (χ2v) is 6.43. The van der Waals surface area contributed by atoms with Gasteiger partial charge >= 0.3 is 0 Å². The lowest BCUT2D eigenvalue weighted by molar-refractivity contribution is 0.0585. The molecule has 3 N–H and O–H groups in total. The highest BCUT2D eigenvalue weighted by molar-refractivity contribution is 7.89. The minimum Gasteiger partial charge on any atom is -0.383 e. The van der Waals surface area contributed by atoms with Gasteiger partial charge in [-0.05, 0) is 37.8 Å². The van der Waals surface area contributed by atoms with Crippen molar-refractivity contribution in [3.05, 3.63) is 18.3 Å². The molecule has 0 bridgehead atoms. The van der Waals surface area contributed by atoms with E-state index in [0.717, 1.165) is 12.8 Å². The molecule has 1 aromatic heterocycles. The topological polar surface area (TPSA) is 94.3 Å². The Balaban J connectivity index is 2.11. The first kappa shape index (κ1) is 14.2. The summed E-state index contributed by atoms with van der Waals surface area (Å²) in [7, 11) is -3.62. The van der Waals surface area contributed by atoms with E-state index in [-0.39, 0.29) is 16.8 Å². The van der Waals surface area contributed by atoms with Crippen molar-refractivity contribution in [1.82, 2.24) is 9.71 Å². The van der Waals surface area contributed by atoms with E-state index in [9.17, 15) is 8.42 Å². The highest BCUT2D eigenvalue weighted by atomic mass is 32.2. The average molecular weight is 285 g/mol. The molecule has 2 heterocycles. The van der Waals surface area contributed by atoms with Crippen LogP contribution in [-0.4, -0.2) is 32.7 Å². The van der Waals surface area contributed by atoms with Crippen LogP contribution < -0.4 is 10.5 Å². The minimum atomic E-state index is -3.62. The van der Waals surface area contributed by atoms with Gasteiger partial charge in [-0.1, -0.05) is 0 Å². The molecule has 0 spiro atoms. The van der Waals surface area contributed by atoms with Crippen molar-refractivity contribution in [1.29, 1.82) is 0 Å². The number of hydrogen-bond acceptors (Lipinski definition) is 5. The Morgan fingerprint density at radius 1 is 1.47 bits per heavy atom. The van der Waals surface area contributed by atoms with Gasteiger partial charge in [0.25, 0.3) is 0 Å². The fourth-order valence-corrected chi connectivity index (χ4v) is 3.64. The zero-order valence-electron chi connectivity index (χ0n) is 10.9. The van der Waals surface area contributed by atoms with Crippen LogP contribution in [0.3, 0.4) is 0 Å². The number of nitrogens with two attached hydrogens (primary N) is 1. The van der Waals surface area contributed by atoms with E-state index in [2.05, 4.69) is 9.71 Å². The Bertz CT molecular complexity index is 527. The van der Waals surface area contributed by atoms with Gasteiger partial charge in [-0.15, -0.1) is 0 Å². The van der Waals surface area contributed by atoms with Crippen molar-refractivity contribution in [2.24, 2.45) is 5.92 Å². The van der Waals surface area contributed by atoms with Crippen LogP contribution in [0.25, 0.3) is 0 Å². The van der Waals surface area contributed by atoms with Crippen LogP contribution in [0.5, 0.6) is 0 Å². The SMILES string of the molecule is CC(NS(=O)(=O)c1cccnc1N)C1CCOCC1. The number of nitrogens with one attached hydrogen (secondary N) is 1. The summed E-state index contributed by atoms with van der Waals surface area (Å²) in [6, 6.07) is 2.87. The lowest BCUT2D eigenvalue weighted by atomic mass is 9.94. The molecule has 106 valence electrons. The Morgan fingerprint density at radius 3 is 2.79 bits per heavy atom. The number of ether oxygens (including phenoxy) is 1. The molecule has 1 aliphatic heterocycles. The molecular weight excluding hydrogens is 266 g/mol. The largest absolute Gasteiger partial charge is 0.383 e. The van der Waals surface area contributed by atoms with Crippen molar-refractivity contribution < 1.29 is 13.2 Å². The first-order chi connectivity index (χ1) is 9.00. The predicted molar refractivity (Wildman–Crippen MR) is 72.0 cm³/mol. The maximum Gasteiger partial charge on any atom is 0.244 e. The molecule has 0 saturated carbocycles. The molecule has 7 heteroatoms. The van der Waals surface area contributed by atoms with Gasteiger partial charge < -0.3 is 10.5 Å². The van der Waals surface area contributed by atoms with E-state index < -0.39 is 10.0 Å². The van der Waals surface area contributed by atoms with Gasteiger partial charge in [-0.25, -0.2) is 18.1 Å². The fraction of sp³-hybridized carbons (Fsp3) is 0.583. The normalized spacial score (nSPS) is 19.2. The van der Waals surface area contributed by atoms with Crippen molar-refractivity contribution in [3.8, 4) is 0 Å². The molecule has 1 saturated heterocycles. The summed E-state index contributed by atoms with van der Waals surface area (Å²) in [4.78, 5) is 3.84. The second kappa shape index (κ2) is 5.85. The molecular formula is C12H19N3O3S. The molecule has 19 heavy (non-hydrogen) atoms. The summed E-state index contributed by atoms with van der Waals surface area (Å²) in [6.07, 6.45) is 3.20. The van der Waals surface area contributed by atoms with Crippen LogP contribution in [0, 0.1) is 5.92 Å². The van der Waals surface area contributed by atoms with Crippen molar-refractivity contribution in [2.45, 2.75) is 30.7 Å². The molecule has 1 atom stereocenters. The molecule has 1 aromatic rings. The molecule has 1 unspecified atom stereocenters. The number of hydrogen-bond donors (Lipinski definition) is 2. The lowest BCUT2D eigenvalue weighted by Gasteiger charge is -2.28. The molecule has 2 rings (SSSR count). The summed E-state index contributed by atoms with van der Waals surface area (Å²) in [5.74, 6) is 0.315. The van der Waals surface area contributed by atoms with E-state index in [1.54, 1.807) is 6.07 Å². The van der Waals surface area contributed by atoms with Crippen LogP contribution >= 0.6 is 0 Å². The monoisotopic (exact) mass is 285 g/mol. The smallest absolute Gasteiger partial charge is 0.244 e. The number of rotatable bonds is 4. The van der Waals surface area contributed by atoms with E-state index in [0.29, 0.717) is 19.1 Å². The van der Waals surface area contributed by atoms with Crippen molar-refractivity contribution in [3.63, 3.8) is 0 Å². The summed E-state index contributed by atoms with van der Waals surface area (Å²) in [5, 5.41) is 0. The van der Waals surface area contributed by atoms with Crippen LogP contribution in [-0.2, 0) is 14.8 Å². The highest BCUT2D eigenvalue weighted by Gasteiger charge is 2.26. The van der Waals surface area contributed by atoms with Crippen LogP contribution in [0.4, 0.5) is 5.82 Å². The summed E-state index contributed by atoms with van der Waals surface area (Å²) in [5.41, 5.74) is 5.61. The highest BCUT2D eigenvalue weighted by Crippen LogP contribution is 2.21. The van der Waals surface area contributed by atoms with Gasteiger partial charge in [-0.3, -0.25) is 0 Å². The minimum absolute atomic E-state index is 0.0224. The van der Waals surface area contributed by atoms with Gasteiger partial charge in [0, 0.05) is 25.5 Å². The first-order valence-corrected chi connectivity index (χ1v) is 7.79. The Kier molecular flexibility index (Phi) is 4.38. The first-order valence-electron chi connectivity index (χ1n) is 6.31. The van der Waals surface area contributed by atoms with Gasteiger partial charge in [0.15, 0.2) is 0 Å². The van der Waals surface area contributed by atoms with Gasteiger partial charge in [0.05, 0.1) is 0 Å². The number of nitrogen functional groups attached to an aromatic ring is 1. The van der Waals surface area contributed by atoms with E-state index in [1.165, 1.54) is 12.3 Å². The molecule has 6 nitrogen and oxygen atoms in total. The third-order valence-electron chi connectivity index (χ3n) is 3.40. The van der Waals surface area contributed by atoms with Crippen LogP contribution in [0.1, 0.15) is 19.8 Å². The molecule has 1 fully saturated rings. The number of nitrogens with zero attached hydrogens (tertiary/aromatic N) is 1. The maximum atomic E-state index is 12.2. The zero-order chi connectivity index (χ0) is 13.9.